The second-order valence-corrected chi connectivity index (χ2v) is 4.17. The summed E-state index contributed by atoms with van der Waals surface area (Å²) in [5.41, 5.74) is 5.36. The molecular formula is C12H26N2O3. The van der Waals surface area contributed by atoms with E-state index >= 15 is 0 Å². The van der Waals surface area contributed by atoms with Crippen molar-refractivity contribution in [3.63, 3.8) is 0 Å². The summed E-state index contributed by atoms with van der Waals surface area (Å²) in [5.74, 6) is -0.0677. The number of unbranched alkanes of at least 4 members (excludes halogenated alkanes) is 1. The van der Waals surface area contributed by atoms with Gasteiger partial charge in [-0.2, -0.15) is 0 Å². The molecule has 0 heterocycles. The number of hydrogen-bond acceptors (Lipinski definition) is 4. The molecule has 0 saturated heterocycles. The smallest absolute Gasteiger partial charge is 0.246 e. The summed E-state index contributed by atoms with van der Waals surface area (Å²) in [7, 11) is 0. The average molecular weight is 246 g/mol. The van der Waals surface area contributed by atoms with Crippen molar-refractivity contribution in [2.45, 2.75) is 39.2 Å². The van der Waals surface area contributed by atoms with Crippen LogP contribution >= 0.6 is 0 Å². The highest BCUT2D eigenvalue weighted by molar-refractivity contribution is 5.77. The van der Waals surface area contributed by atoms with Crippen molar-refractivity contribution in [3.8, 4) is 0 Å². The summed E-state index contributed by atoms with van der Waals surface area (Å²) in [4.78, 5) is 11.2. The second kappa shape index (κ2) is 11.8. The molecule has 0 spiro atoms. The van der Waals surface area contributed by atoms with Crippen LogP contribution in [-0.4, -0.2) is 44.9 Å². The molecule has 5 nitrogen and oxygen atoms in total. The molecule has 0 aromatic rings. The highest BCUT2D eigenvalue weighted by Gasteiger charge is 2.01. The van der Waals surface area contributed by atoms with Crippen molar-refractivity contribution in [1.82, 2.24) is 5.32 Å². The maximum absolute atomic E-state index is 11.2. The Labute approximate surface area is 104 Å². The lowest BCUT2D eigenvalue weighted by molar-refractivity contribution is -0.127. The minimum absolute atomic E-state index is 0.0677. The van der Waals surface area contributed by atoms with Gasteiger partial charge in [-0.1, -0.05) is 0 Å². The van der Waals surface area contributed by atoms with E-state index in [0.29, 0.717) is 13.2 Å². The van der Waals surface area contributed by atoms with Gasteiger partial charge in [0.15, 0.2) is 0 Å². The first kappa shape index (κ1) is 16.4. The van der Waals surface area contributed by atoms with Gasteiger partial charge in [0.05, 0.1) is 6.10 Å². The summed E-state index contributed by atoms with van der Waals surface area (Å²) in [6, 6.07) is 0. The standard InChI is InChI=1S/C12H26N2O3/c1-11(2)17-10-12(15)14-7-5-9-16-8-4-3-6-13/h11H,3-10,13H2,1-2H3,(H,14,15). The third kappa shape index (κ3) is 13.3. The topological polar surface area (TPSA) is 73.6 Å². The monoisotopic (exact) mass is 246 g/mol. The van der Waals surface area contributed by atoms with E-state index < -0.39 is 0 Å². The summed E-state index contributed by atoms with van der Waals surface area (Å²) in [5, 5.41) is 2.78. The molecule has 0 aliphatic rings. The number of carbonyl (C=O) groups excluding carboxylic acids is 1. The first-order chi connectivity index (χ1) is 8.16. The van der Waals surface area contributed by atoms with Gasteiger partial charge in [0, 0.05) is 19.8 Å². The van der Waals surface area contributed by atoms with E-state index in [9.17, 15) is 4.79 Å². The number of nitrogens with two attached hydrogens (primary N) is 1. The van der Waals surface area contributed by atoms with Crippen LogP contribution in [0.2, 0.25) is 0 Å². The lowest BCUT2D eigenvalue weighted by Crippen LogP contribution is -2.30. The molecule has 0 bridgehead atoms. The van der Waals surface area contributed by atoms with E-state index in [1.54, 1.807) is 0 Å². The van der Waals surface area contributed by atoms with E-state index in [4.69, 9.17) is 15.2 Å². The van der Waals surface area contributed by atoms with Crippen molar-refractivity contribution < 1.29 is 14.3 Å². The van der Waals surface area contributed by atoms with E-state index in [0.717, 1.165) is 32.4 Å². The van der Waals surface area contributed by atoms with Gasteiger partial charge in [-0.25, -0.2) is 0 Å². The molecule has 1 amide bonds. The molecule has 3 N–H and O–H groups in total. The molecule has 17 heavy (non-hydrogen) atoms. The van der Waals surface area contributed by atoms with E-state index in [2.05, 4.69) is 5.32 Å². The molecule has 0 unspecified atom stereocenters. The van der Waals surface area contributed by atoms with Gasteiger partial charge in [0.2, 0.25) is 5.91 Å². The van der Waals surface area contributed by atoms with Gasteiger partial charge in [0.25, 0.3) is 0 Å². The fraction of sp³-hybridized carbons (Fsp3) is 0.917. The molecule has 0 atom stereocenters. The number of nitrogens with one attached hydrogen (secondary N) is 1. The fourth-order valence-corrected chi connectivity index (χ4v) is 1.15. The highest BCUT2D eigenvalue weighted by Crippen LogP contribution is 1.89. The zero-order chi connectivity index (χ0) is 12.9. The van der Waals surface area contributed by atoms with Crippen LogP contribution in [-0.2, 0) is 14.3 Å². The summed E-state index contributed by atoms with van der Waals surface area (Å²) >= 11 is 0. The third-order valence-corrected chi connectivity index (χ3v) is 2.08. The van der Waals surface area contributed by atoms with Crippen LogP contribution in [0, 0.1) is 0 Å². The Hall–Kier alpha value is -0.650. The number of amides is 1. The zero-order valence-corrected chi connectivity index (χ0v) is 11.0. The number of hydrogen-bond donors (Lipinski definition) is 2. The highest BCUT2D eigenvalue weighted by atomic mass is 16.5. The Morgan fingerprint density at radius 1 is 1.24 bits per heavy atom. The lowest BCUT2D eigenvalue weighted by atomic mass is 10.3. The molecule has 0 fully saturated rings. The van der Waals surface area contributed by atoms with Gasteiger partial charge >= 0.3 is 0 Å². The van der Waals surface area contributed by atoms with Gasteiger partial charge in [0.1, 0.15) is 6.61 Å². The molecule has 102 valence electrons. The van der Waals surface area contributed by atoms with Gasteiger partial charge in [-0.15, -0.1) is 0 Å². The summed E-state index contributed by atoms with van der Waals surface area (Å²) < 4.78 is 10.5. The summed E-state index contributed by atoms with van der Waals surface area (Å²) in [6.07, 6.45) is 2.93. The number of rotatable bonds is 11. The maximum Gasteiger partial charge on any atom is 0.246 e. The molecule has 0 aliphatic heterocycles. The lowest BCUT2D eigenvalue weighted by Gasteiger charge is -2.08. The van der Waals surface area contributed by atoms with E-state index in [-0.39, 0.29) is 18.6 Å². The van der Waals surface area contributed by atoms with Crippen molar-refractivity contribution in [1.29, 1.82) is 0 Å². The molecule has 0 radical (unpaired) electrons. The molecule has 0 aromatic carbocycles. The van der Waals surface area contributed by atoms with Gasteiger partial charge in [-0.05, 0) is 39.7 Å². The molecule has 0 aromatic heterocycles. The van der Waals surface area contributed by atoms with Crippen LogP contribution in [0.25, 0.3) is 0 Å². The number of carbonyl (C=O) groups is 1. The molecule has 0 saturated carbocycles. The molecule has 0 aliphatic carbocycles. The maximum atomic E-state index is 11.2. The third-order valence-electron chi connectivity index (χ3n) is 2.08. The SMILES string of the molecule is CC(C)OCC(=O)NCCCOCCCCN. The van der Waals surface area contributed by atoms with Crippen molar-refractivity contribution in [2.24, 2.45) is 5.73 Å². The molecule has 5 heteroatoms. The van der Waals surface area contributed by atoms with Crippen LogP contribution in [0.1, 0.15) is 33.1 Å². The van der Waals surface area contributed by atoms with E-state index in [1.165, 1.54) is 0 Å². The normalized spacial score (nSPS) is 10.8. The minimum Gasteiger partial charge on any atom is -0.381 e. The average Bonchev–Trinajstić information content (AvgIpc) is 2.30. The Balaban J connectivity index is 3.14. The van der Waals surface area contributed by atoms with Crippen LogP contribution in [0.4, 0.5) is 0 Å². The largest absolute Gasteiger partial charge is 0.381 e. The first-order valence-corrected chi connectivity index (χ1v) is 6.33. The van der Waals surface area contributed by atoms with Crippen molar-refractivity contribution in [2.75, 3.05) is 32.9 Å². The van der Waals surface area contributed by atoms with Crippen LogP contribution in [0.15, 0.2) is 0 Å². The van der Waals surface area contributed by atoms with Gasteiger partial charge < -0.3 is 20.5 Å². The first-order valence-electron chi connectivity index (χ1n) is 6.33. The van der Waals surface area contributed by atoms with Crippen LogP contribution < -0.4 is 11.1 Å². The Kier molecular flexibility index (Phi) is 11.4. The Morgan fingerprint density at radius 2 is 1.94 bits per heavy atom. The second-order valence-electron chi connectivity index (χ2n) is 4.17. The molecular weight excluding hydrogens is 220 g/mol. The van der Waals surface area contributed by atoms with Crippen molar-refractivity contribution >= 4 is 5.91 Å². The summed E-state index contributed by atoms with van der Waals surface area (Å²) in [6.45, 7) is 6.73. The van der Waals surface area contributed by atoms with E-state index in [1.807, 2.05) is 13.8 Å². The number of ether oxygens (including phenoxy) is 2. The van der Waals surface area contributed by atoms with Crippen LogP contribution in [0.3, 0.4) is 0 Å². The zero-order valence-electron chi connectivity index (χ0n) is 11.0. The quantitative estimate of drug-likeness (QED) is 0.526. The Morgan fingerprint density at radius 3 is 2.59 bits per heavy atom. The molecule has 0 rings (SSSR count). The Bertz CT molecular complexity index is 187. The van der Waals surface area contributed by atoms with Crippen LogP contribution in [0.5, 0.6) is 0 Å². The van der Waals surface area contributed by atoms with Gasteiger partial charge in [-0.3, -0.25) is 4.79 Å². The fourth-order valence-electron chi connectivity index (χ4n) is 1.15. The van der Waals surface area contributed by atoms with Crippen molar-refractivity contribution in [3.05, 3.63) is 0 Å². The minimum atomic E-state index is -0.0677. The predicted octanol–water partition coefficient (Wildman–Crippen LogP) is 0.673. The predicted molar refractivity (Wildman–Crippen MR) is 67.8 cm³/mol.